The second kappa shape index (κ2) is 22.0. The summed E-state index contributed by atoms with van der Waals surface area (Å²) < 4.78 is 4.46. The van der Waals surface area contributed by atoms with Gasteiger partial charge in [-0.3, -0.25) is 9.59 Å². The number of rotatable bonds is 19. The third-order valence-corrected chi connectivity index (χ3v) is 12.3. The number of aromatic hydroxyl groups is 4. The van der Waals surface area contributed by atoms with Gasteiger partial charge in [0.15, 0.2) is 23.0 Å². The Morgan fingerprint density at radius 1 is 0.366 bits per heavy atom. The van der Waals surface area contributed by atoms with Crippen LogP contribution in [0.15, 0.2) is 122 Å². The highest BCUT2D eigenvalue weighted by Gasteiger charge is 2.24. The summed E-state index contributed by atoms with van der Waals surface area (Å²) in [7, 11) is 0. The molecule has 10 N–H and O–H groups in total. The van der Waals surface area contributed by atoms with Gasteiger partial charge in [0, 0.05) is 24.2 Å². The minimum absolute atomic E-state index is 0.0229. The van der Waals surface area contributed by atoms with Gasteiger partial charge in [-0.05, 0) is 85.6 Å². The zero-order valence-corrected chi connectivity index (χ0v) is 41.7. The average Bonchev–Trinajstić information content (AvgIpc) is 4.36. The molecule has 10 aromatic rings. The predicted molar refractivity (Wildman–Crippen MR) is 278 cm³/mol. The highest BCUT2D eigenvalue weighted by molar-refractivity contribution is 5.98. The van der Waals surface area contributed by atoms with E-state index in [-0.39, 0.29) is 92.5 Å². The second-order valence-corrected chi connectivity index (χ2v) is 17.6. The fourth-order valence-corrected chi connectivity index (χ4v) is 8.26. The van der Waals surface area contributed by atoms with Crippen LogP contribution in [0.2, 0.25) is 0 Å². The number of aromatic carboxylic acids is 4. The maximum absolute atomic E-state index is 13.9. The molecule has 0 fully saturated rings. The molecule has 0 aliphatic heterocycles. The number of carboxylic acid groups (broad SMARTS) is 4. The van der Waals surface area contributed by atoms with E-state index in [1.807, 2.05) is 0 Å². The van der Waals surface area contributed by atoms with E-state index in [0.29, 0.717) is 12.8 Å². The van der Waals surface area contributed by atoms with Crippen LogP contribution >= 0.6 is 0 Å². The molecule has 4 aromatic carbocycles. The molecule has 410 valence electrons. The number of para-hydroxylation sites is 4. The van der Waals surface area contributed by atoms with Crippen molar-refractivity contribution < 1.29 is 69.6 Å². The van der Waals surface area contributed by atoms with Gasteiger partial charge in [0.25, 0.3) is 11.8 Å². The van der Waals surface area contributed by atoms with E-state index in [1.165, 1.54) is 122 Å². The molecule has 0 aliphatic carbocycles. The number of nitrogens with zero attached hydrogens (tertiary/aromatic N) is 14. The molecule has 6 aromatic heterocycles. The van der Waals surface area contributed by atoms with Gasteiger partial charge in [-0.1, -0.05) is 45.1 Å². The van der Waals surface area contributed by atoms with E-state index >= 15 is 0 Å². The highest BCUT2D eigenvalue weighted by Crippen LogP contribution is 2.33. The van der Waals surface area contributed by atoms with Crippen LogP contribution < -0.4 is 10.6 Å². The van der Waals surface area contributed by atoms with Gasteiger partial charge in [0.2, 0.25) is 0 Å². The SMILES string of the molecule is O=C(NCCCCNC(=O)c1cc(-c2cn(-c3cccc(C(=O)O)c3O)nn2)nc(-c2cn(-c3cccc(C(=O)O)c3O)nn2)c1)c1cc(-c2cn(-c3cccc(C(=O)O)c3O)nn2)nc(-c2cn(-c3cccc(C(=O)O)c3O)nn2)c1. The van der Waals surface area contributed by atoms with Crippen LogP contribution in [0.5, 0.6) is 23.0 Å². The summed E-state index contributed by atoms with van der Waals surface area (Å²) in [6.07, 6.45) is 6.04. The van der Waals surface area contributed by atoms with Crippen LogP contribution in [0.1, 0.15) is 75.0 Å². The fourth-order valence-electron chi connectivity index (χ4n) is 8.26. The summed E-state index contributed by atoms with van der Waals surface area (Å²) in [5.41, 5.74) is -0.990. The number of nitrogens with one attached hydrogen (secondary N) is 2. The van der Waals surface area contributed by atoms with Crippen molar-refractivity contribution in [1.29, 1.82) is 0 Å². The van der Waals surface area contributed by atoms with Gasteiger partial charge in [-0.15, -0.1) is 20.4 Å². The topological polar surface area (TPSA) is 437 Å². The zero-order valence-electron chi connectivity index (χ0n) is 41.7. The van der Waals surface area contributed by atoms with Crippen molar-refractivity contribution in [3.63, 3.8) is 0 Å². The molecule has 10 rings (SSSR count). The van der Waals surface area contributed by atoms with Gasteiger partial charge in [-0.2, -0.15) is 0 Å². The predicted octanol–water partition coefficient (Wildman–Crippen LogP) is 4.02. The second-order valence-electron chi connectivity index (χ2n) is 17.6. The monoisotopic (exact) mass is 1110 g/mol. The molecule has 0 aliphatic rings. The number of aromatic nitrogens is 14. The zero-order chi connectivity index (χ0) is 57.9. The lowest BCUT2D eigenvalue weighted by Crippen LogP contribution is -2.27. The van der Waals surface area contributed by atoms with Crippen molar-refractivity contribution >= 4 is 35.7 Å². The number of hydrogen-bond donors (Lipinski definition) is 10. The largest absolute Gasteiger partial charge is 0.505 e. The van der Waals surface area contributed by atoms with Gasteiger partial charge >= 0.3 is 23.9 Å². The number of benzene rings is 4. The Labute approximate surface area is 457 Å². The van der Waals surface area contributed by atoms with E-state index in [4.69, 9.17) is 0 Å². The standard InChI is InChI=1S/C52H38N16O14/c69-43-27(49(75)76)7-3-11-39(43)65-21-35(57-61-65)31-17-25(18-32(55-31)36-22-66(62-58-36)40-12-4-8-28(44(40)70)50(77)78)47(73)53-15-1-2-16-54-48(74)26-19-33(37-23-67(63-59-37)41-13-5-9-29(45(41)71)51(79)80)56-34(20-26)38-24-68(64-60-38)42-14-6-10-30(46(42)72)52(81)82/h3-14,17-24,69-72H,1-2,15-16H2,(H,53,73)(H,54,74)(H,75,76)(H,77,78)(H,79,80)(H,81,82). The molecule has 0 saturated heterocycles. The van der Waals surface area contributed by atoms with Crippen molar-refractivity contribution in [2.24, 2.45) is 0 Å². The summed E-state index contributed by atoms with van der Waals surface area (Å²) in [5, 5.41) is 119. The van der Waals surface area contributed by atoms with E-state index < -0.39 is 80.9 Å². The van der Waals surface area contributed by atoms with Crippen LogP contribution in [0.4, 0.5) is 0 Å². The van der Waals surface area contributed by atoms with Crippen molar-refractivity contribution in [3.8, 4) is 91.3 Å². The first-order chi connectivity index (χ1) is 39.4. The molecule has 6 heterocycles. The van der Waals surface area contributed by atoms with Crippen LogP contribution in [-0.4, -0.2) is 160 Å². The van der Waals surface area contributed by atoms with E-state index in [9.17, 15) is 69.6 Å². The Morgan fingerprint density at radius 2 is 0.610 bits per heavy atom. The van der Waals surface area contributed by atoms with Crippen LogP contribution in [0, 0.1) is 0 Å². The number of amides is 2. The molecule has 0 atom stereocenters. The molecule has 30 heteroatoms. The first-order valence-corrected chi connectivity index (χ1v) is 24.0. The van der Waals surface area contributed by atoms with Crippen molar-refractivity contribution in [2.75, 3.05) is 13.1 Å². The van der Waals surface area contributed by atoms with Gasteiger partial charge in [0.1, 0.15) is 67.8 Å². The number of hydrogen-bond acceptors (Lipinski definition) is 20. The number of carbonyl (C=O) groups is 6. The number of phenols is 4. The Hall–Kier alpha value is -12.2. The van der Waals surface area contributed by atoms with E-state index in [0.717, 1.165) is 18.7 Å². The third kappa shape index (κ3) is 10.6. The van der Waals surface area contributed by atoms with Crippen molar-refractivity contribution in [3.05, 3.63) is 155 Å². The van der Waals surface area contributed by atoms with Gasteiger partial charge in [0.05, 0.1) is 47.6 Å². The minimum atomic E-state index is -1.39. The summed E-state index contributed by atoms with van der Waals surface area (Å²) >= 11 is 0. The summed E-state index contributed by atoms with van der Waals surface area (Å²) in [6.45, 7) is 0.189. The summed E-state index contributed by atoms with van der Waals surface area (Å²) in [6, 6.07) is 21.6. The summed E-state index contributed by atoms with van der Waals surface area (Å²) in [4.78, 5) is 83.9. The molecule has 2 amide bonds. The van der Waals surface area contributed by atoms with Gasteiger partial charge in [-0.25, -0.2) is 47.9 Å². The summed E-state index contributed by atoms with van der Waals surface area (Å²) in [5.74, 6) is -9.07. The smallest absolute Gasteiger partial charge is 0.339 e. The number of carboxylic acids is 4. The molecule has 82 heavy (non-hydrogen) atoms. The molecule has 0 radical (unpaired) electrons. The van der Waals surface area contributed by atoms with Crippen LogP contribution in [-0.2, 0) is 0 Å². The quantitative estimate of drug-likeness (QED) is 0.0511. The maximum Gasteiger partial charge on any atom is 0.339 e. The van der Waals surface area contributed by atoms with Crippen LogP contribution in [0.25, 0.3) is 68.3 Å². The van der Waals surface area contributed by atoms with E-state index in [2.05, 4.69) is 61.8 Å². The lowest BCUT2D eigenvalue weighted by molar-refractivity contribution is 0.0682. The third-order valence-electron chi connectivity index (χ3n) is 12.3. The Balaban J connectivity index is 0.869. The minimum Gasteiger partial charge on any atom is -0.505 e. The average molecular weight is 1110 g/mol. The Bertz CT molecular complexity index is 3720. The lowest BCUT2D eigenvalue weighted by Gasteiger charge is -2.10. The number of unbranched alkanes of at least 4 members (excludes halogenated alkanes) is 1. The Kier molecular flexibility index (Phi) is 14.3. The van der Waals surface area contributed by atoms with Gasteiger partial charge < -0.3 is 51.5 Å². The first kappa shape index (κ1) is 53.2. The molecule has 0 unspecified atom stereocenters. The van der Waals surface area contributed by atoms with Crippen molar-refractivity contribution in [2.45, 2.75) is 12.8 Å². The number of pyridine rings is 2. The molecular weight excluding hydrogens is 1070 g/mol. The molecule has 0 spiro atoms. The maximum atomic E-state index is 13.9. The first-order valence-electron chi connectivity index (χ1n) is 24.0. The lowest BCUT2D eigenvalue weighted by atomic mass is 10.1. The highest BCUT2D eigenvalue weighted by atomic mass is 16.4. The molecule has 30 nitrogen and oxygen atoms in total. The van der Waals surface area contributed by atoms with Crippen LogP contribution in [0.3, 0.4) is 0 Å². The molecule has 0 bridgehead atoms. The molecule has 0 saturated carbocycles. The fraction of sp³-hybridized carbons (Fsp3) is 0.0769. The normalized spacial score (nSPS) is 11.1. The number of carbonyl (C=O) groups excluding carboxylic acids is 2. The van der Waals surface area contributed by atoms with Crippen molar-refractivity contribution in [1.82, 2.24) is 80.6 Å². The molecular formula is C52H38N16O14. The Morgan fingerprint density at radius 3 is 0.841 bits per heavy atom. The van der Waals surface area contributed by atoms with E-state index in [1.54, 1.807) is 0 Å².